The van der Waals surface area contributed by atoms with Crippen molar-refractivity contribution in [2.75, 3.05) is 11.9 Å². The fourth-order valence-electron chi connectivity index (χ4n) is 1.55. The van der Waals surface area contributed by atoms with E-state index < -0.39 is 0 Å². The summed E-state index contributed by atoms with van der Waals surface area (Å²) in [5.74, 6) is 2.18. The normalized spacial score (nSPS) is 11.9. The van der Waals surface area contributed by atoms with Crippen molar-refractivity contribution in [1.82, 2.24) is 9.78 Å². The lowest BCUT2D eigenvalue weighted by molar-refractivity contribution is 0.759. The summed E-state index contributed by atoms with van der Waals surface area (Å²) < 4.78 is 2.24. The van der Waals surface area contributed by atoms with Crippen molar-refractivity contribution >= 4 is 17.6 Å². The lowest BCUT2D eigenvalue weighted by atomic mass is 10.2. The third-order valence-electron chi connectivity index (χ3n) is 2.34. The SMILES string of the molecule is CCNc1c(CSC(C)(C)C)c(C)nn1C. The third-order valence-corrected chi connectivity index (χ3v) is 3.64. The van der Waals surface area contributed by atoms with Gasteiger partial charge < -0.3 is 5.32 Å². The average Bonchev–Trinajstić information content (AvgIpc) is 2.39. The van der Waals surface area contributed by atoms with E-state index in [-0.39, 0.29) is 0 Å². The predicted molar refractivity (Wildman–Crippen MR) is 73.2 cm³/mol. The molecular formula is C12H23N3S. The number of nitrogens with zero attached hydrogens (tertiary/aromatic N) is 2. The van der Waals surface area contributed by atoms with Crippen molar-refractivity contribution in [3.05, 3.63) is 11.3 Å². The van der Waals surface area contributed by atoms with E-state index >= 15 is 0 Å². The molecule has 3 nitrogen and oxygen atoms in total. The Balaban J connectivity index is 2.85. The molecule has 16 heavy (non-hydrogen) atoms. The Hall–Kier alpha value is -0.640. The van der Waals surface area contributed by atoms with E-state index in [9.17, 15) is 0 Å². The second-order valence-electron chi connectivity index (χ2n) is 4.97. The first-order chi connectivity index (χ1) is 7.35. The molecule has 1 rings (SSSR count). The van der Waals surface area contributed by atoms with Crippen molar-refractivity contribution < 1.29 is 0 Å². The Morgan fingerprint density at radius 2 is 2.00 bits per heavy atom. The summed E-state index contributed by atoms with van der Waals surface area (Å²) in [6, 6.07) is 0. The highest BCUT2D eigenvalue weighted by Crippen LogP contribution is 2.31. The molecule has 0 atom stereocenters. The van der Waals surface area contributed by atoms with Crippen molar-refractivity contribution in [3.8, 4) is 0 Å². The van der Waals surface area contributed by atoms with E-state index in [1.165, 1.54) is 5.56 Å². The van der Waals surface area contributed by atoms with E-state index in [1.54, 1.807) is 0 Å². The first-order valence-electron chi connectivity index (χ1n) is 5.75. The van der Waals surface area contributed by atoms with Crippen molar-refractivity contribution in [1.29, 1.82) is 0 Å². The maximum absolute atomic E-state index is 4.47. The fourth-order valence-corrected chi connectivity index (χ4v) is 2.48. The summed E-state index contributed by atoms with van der Waals surface area (Å²) in [5, 5.41) is 7.86. The van der Waals surface area contributed by atoms with Crippen molar-refractivity contribution in [2.24, 2.45) is 7.05 Å². The van der Waals surface area contributed by atoms with Crippen LogP contribution in [0.1, 0.15) is 39.0 Å². The number of aryl methyl sites for hydroxylation is 2. The molecule has 92 valence electrons. The molecule has 0 aromatic carbocycles. The molecule has 0 saturated heterocycles. The van der Waals surface area contributed by atoms with Gasteiger partial charge in [0.05, 0.1) is 5.69 Å². The van der Waals surface area contributed by atoms with Gasteiger partial charge in [-0.15, -0.1) is 0 Å². The average molecular weight is 241 g/mol. The lowest BCUT2D eigenvalue weighted by Gasteiger charge is -2.18. The van der Waals surface area contributed by atoms with Gasteiger partial charge in [-0.1, -0.05) is 20.8 Å². The lowest BCUT2D eigenvalue weighted by Crippen LogP contribution is -2.09. The second kappa shape index (κ2) is 5.13. The van der Waals surface area contributed by atoms with Crippen LogP contribution in [0.3, 0.4) is 0 Å². The Morgan fingerprint density at radius 1 is 1.38 bits per heavy atom. The summed E-state index contributed by atoms with van der Waals surface area (Å²) in [5.41, 5.74) is 2.47. The molecule has 0 fully saturated rings. The minimum absolute atomic E-state index is 0.297. The Kier molecular flexibility index (Phi) is 4.30. The Bertz CT molecular complexity index is 350. The predicted octanol–water partition coefficient (Wildman–Crippen LogP) is 3.19. The molecule has 1 N–H and O–H groups in total. The van der Waals surface area contributed by atoms with Crippen LogP contribution in [-0.4, -0.2) is 21.1 Å². The zero-order valence-electron chi connectivity index (χ0n) is 11.2. The zero-order valence-corrected chi connectivity index (χ0v) is 12.0. The van der Waals surface area contributed by atoms with Gasteiger partial charge in [-0.2, -0.15) is 16.9 Å². The molecule has 1 heterocycles. The summed E-state index contributed by atoms with van der Waals surface area (Å²) >= 11 is 1.96. The van der Waals surface area contributed by atoms with Gasteiger partial charge in [0.2, 0.25) is 0 Å². The molecule has 0 radical (unpaired) electrons. The van der Waals surface area contributed by atoms with Crippen LogP contribution in [0, 0.1) is 6.92 Å². The summed E-state index contributed by atoms with van der Waals surface area (Å²) in [6.07, 6.45) is 0. The van der Waals surface area contributed by atoms with Gasteiger partial charge in [-0.25, -0.2) is 0 Å². The topological polar surface area (TPSA) is 29.9 Å². The van der Waals surface area contributed by atoms with E-state index in [2.05, 4.69) is 45.0 Å². The standard InChI is InChI=1S/C12H23N3S/c1-7-13-11-10(8-16-12(3,4)5)9(2)14-15(11)6/h13H,7-8H2,1-6H3. The first kappa shape index (κ1) is 13.4. The largest absolute Gasteiger partial charge is 0.370 e. The molecule has 0 bridgehead atoms. The fraction of sp³-hybridized carbons (Fsp3) is 0.750. The number of aromatic nitrogens is 2. The van der Waals surface area contributed by atoms with Gasteiger partial charge >= 0.3 is 0 Å². The summed E-state index contributed by atoms with van der Waals surface area (Å²) in [4.78, 5) is 0. The number of hydrogen-bond donors (Lipinski definition) is 1. The quantitative estimate of drug-likeness (QED) is 0.878. The van der Waals surface area contributed by atoms with E-state index in [0.717, 1.165) is 23.8 Å². The van der Waals surface area contributed by atoms with Crippen LogP contribution in [0.25, 0.3) is 0 Å². The molecule has 0 aliphatic rings. The van der Waals surface area contributed by atoms with Crippen LogP contribution in [0.5, 0.6) is 0 Å². The summed E-state index contributed by atoms with van der Waals surface area (Å²) in [7, 11) is 2.00. The molecule has 4 heteroatoms. The minimum atomic E-state index is 0.297. The highest BCUT2D eigenvalue weighted by Gasteiger charge is 2.16. The molecule has 0 unspecified atom stereocenters. The number of thioether (sulfide) groups is 1. The number of nitrogens with one attached hydrogen (secondary N) is 1. The Labute approximate surface area is 103 Å². The zero-order chi connectivity index (χ0) is 12.3. The summed E-state index contributed by atoms with van der Waals surface area (Å²) in [6.45, 7) is 11.9. The molecular weight excluding hydrogens is 218 g/mol. The molecule has 0 saturated carbocycles. The molecule has 0 aliphatic carbocycles. The van der Waals surface area contributed by atoms with Gasteiger partial charge in [-0.05, 0) is 13.8 Å². The molecule has 0 spiro atoms. The van der Waals surface area contributed by atoms with E-state index in [1.807, 2.05) is 23.5 Å². The van der Waals surface area contributed by atoms with Gasteiger partial charge in [0, 0.05) is 29.7 Å². The maximum atomic E-state index is 4.47. The van der Waals surface area contributed by atoms with Crippen LogP contribution in [0.2, 0.25) is 0 Å². The second-order valence-corrected chi connectivity index (χ2v) is 6.77. The maximum Gasteiger partial charge on any atom is 0.128 e. The van der Waals surface area contributed by atoms with Gasteiger partial charge in [-0.3, -0.25) is 4.68 Å². The Morgan fingerprint density at radius 3 is 2.50 bits per heavy atom. The highest BCUT2D eigenvalue weighted by molar-refractivity contribution is 7.99. The molecule has 0 amide bonds. The van der Waals surface area contributed by atoms with Gasteiger partial charge in [0.25, 0.3) is 0 Å². The van der Waals surface area contributed by atoms with Gasteiger partial charge in [0.15, 0.2) is 0 Å². The van der Waals surface area contributed by atoms with Crippen LogP contribution < -0.4 is 5.32 Å². The minimum Gasteiger partial charge on any atom is -0.370 e. The third kappa shape index (κ3) is 3.44. The van der Waals surface area contributed by atoms with E-state index in [0.29, 0.717) is 4.75 Å². The molecule has 1 aromatic heterocycles. The van der Waals surface area contributed by atoms with Crippen LogP contribution >= 0.6 is 11.8 Å². The van der Waals surface area contributed by atoms with Crippen LogP contribution in [0.4, 0.5) is 5.82 Å². The van der Waals surface area contributed by atoms with Crippen LogP contribution in [-0.2, 0) is 12.8 Å². The highest BCUT2D eigenvalue weighted by atomic mass is 32.2. The van der Waals surface area contributed by atoms with Gasteiger partial charge in [0.1, 0.15) is 5.82 Å². The number of anilines is 1. The molecule has 0 aliphatic heterocycles. The number of hydrogen-bond acceptors (Lipinski definition) is 3. The van der Waals surface area contributed by atoms with Crippen molar-refractivity contribution in [3.63, 3.8) is 0 Å². The monoisotopic (exact) mass is 241 g/mol. The van der Waals surface area contributed by atoms with Crippen LogP contribution in [0.15, 0.2) is 0 Å². The van der Waals surface area contributed by atoms with Crippen molar-refractivity contribution in [2.45, 2.75) is 45.1 Å². The molecule has 1 aromatic rings. The number of rotatable bonds is 4. The smallest absolute Gasteiger partial charge is 0.128 e. The first-order valence-corrected chi connectivity index (χ1v) is 6.74. The van der Waals surface area contributed by atoms with E-state index in [4.69, 9.17) is 0 Å².